The van der Waals surface area contributed by atoms with E-state index in [1.165, 1.54) is 18.2 Å². The number of aromatic carboxylic acids is 2. The van der Waals surface area contributed by atoms with E-state index >= 15 is 0 Å². The lowest BCUT2D eigenvalue weighted by atomic mass is 10.0. The van der Waals surface area contributed by atoms with Gasteiger partial charge in [-0.1, -0.05) is 0 Å². The van der Waals surface area contributed by atoms with Crippen LogP contribution in [-0.4, -0.2) is 33.8 Å². The van der Waals surface area contributed by atoms with Gasteiger partial charge in [-0.2, -0.15) is 0 Å². The summed E-state index contributed by atoms with van der Waals surface area (Å²) < 4.78 is 5.02. The van der Waals surface area contributed by atoms with E-state index < -0.39 is 23.6 Å². The van der Waals surface area contributed by atoms with Gasteiger partial charge in [-0.05, 0) is 44.5 Å². The Hall–Kier alpha value is -2.57. The van der Waals surface area contributed by atoms with E-state index in [2.05, 4.69) is 5.32 Å². The molecule has 1 amide bonds. The standard InChI is InChI=1S/C14H17NO6/c1-14(2,3)21-13(20)15-7-9-6-8(11(16)17)4-5-10(9)12(18)19/h4-6H,7H2,1-3H3,(H,15,20)(H,16,17)(H,18,19). The number of carbonyl (C=O) groups is 3. The molecule has 3 N–H and O–H groups in total. The summed E-state index contributed by atoms with van der Waals surface area (Å²) in [6.07, 6.45) is -0.709. The van der Waals surface area contributed by atoms with Gasteiger partial charge in [0.25, 0.3) is 0 Å². The lowest BCUT2D eigenvalue weighted by Crippen LogP contribution is -2.32. The molecular formula is C14H17NO6. The summed E-state index contributed by atoms with van der Waals surface area (Å²) in [5.41, 5.74) is -0.617. The zero-order chi connectivity index (χ0) is 16.2. The van der Waals surface area contributed by atoms with E-state index in [-0.39, 0.29) is 23.2 Å². The third kappa shape index (κ3) is 5.13. The molecule has 0 bridgehead atoms. The third-order valence-electron chi connectivity index (χ3n) is 2.40. The largest absolute Gasteiger partial charge is 0.478 e. The highest BCUT2D eigenvalue weighted by Crippen LogP contribution is 2.13. The molecule has 1 aromatic rings. The fraction of sp³-hybridized carbons (Fsp3) is 0.357. The van der Waals surface area contributed by atoms with E-state index in [1.54, 1.807) is 20.8 Å². The van der Waals surface area contributed by atoms with Crippen molar-refractivity contribution < 1.29 is 29.3 Å². The van der Waals surface area contributed by atoms with Crippen LogP contribution in [0.2, 0.25) is 0 Å². The summed E-state index contributed by atoms with van der Waals surface area (Å²) in [6, 6.07) is 3.60. The Kier molecular flexibility index (Phi) is 4.91. The minimum Gasteiger partial charge on any atom is -0.478 e. The van der Waals surface area contributed by atoms with Crippen LogP contribution in [0.5, 0.6) is 0 Å². The van der Waals surface area contributed by atoms with Gasteiger partial charge in [-0.25, -0.2) is 14.4 Å². The highest BCUT2D eigenvalue weighted by atomic mass is 16.6. The summed E-state index contributed by atoms with van der Waals surface area (Å²) in [7, 11) is 0. The van der Waals surface area contributed by atoms with Crippen LogP contribution in [0.4, 0.5) is 4.79 Å². The Morgan fingerprint density at radius 3 is 2.24 bits per heavy atom. The fourth-order valence-corrected chi connectivity index (χ4v) is 1.56. The van der Waals surface area contributed by atoms with Crippen molar-refractivity contribution in [3.8, 4) is 0 Å². The number of carboxylic acid groups (broad SMARTS) is 2. The number of benzene rings is 1. The second-order valence-corrected chi connectivity index (χ2v) is 5.34. The van der Waals surface area contributed by atoms with Gasteiger partial charge in [0.1, 0.15) is 5.60 Å². The van der Waals surface area contributed by atoms with Gasteiger partial charge in [-0.3, -0.25) is 0 Å². The molecule has 1 rings (SSSR count). The molecule has 7 heteroatoms. The fourth-order valence-electron chi connectivity index (χ4n) is 1.56. The van der Waals surface area contributed by atoms with E-state index in [4.69, 9.17) is 14.9 Å². The van der Waals surface area contributed by atoms with Crippen molar-refractivity contribution in [2.24, 2.45) is 0 Å². The van der Waals surface area contributed by atoms with Gasteiger partial charge in [-0.15, -0.1) is 0 Å². The first-order chi connectivity index (χ1) is 9.60. The van der Waals surface area contributed by atoms with Crippen LogP contribution in [0.25, 0.3) is 0 Å². The SMILES string of the molecule is CC(C)(C)OC(=O)NCc1cc(C(=O)O)ccc1C(=O)O. The zero-order valence-electron chi connectivity index (χ0n) is 12.0. The highest BCUT2D eigenvalue weighted by Gasteiger charge is 2.18. The number of nitrogens with one attached hydrogen (secondary N) is 1. The van der Waals surface area contributed by atoms with Crippen LogP contribution in [0.15, 0.2) is 18.2 Å². The summed E-state index contributed by atoms with van der Waals surface area (Å²) in [6.45, 7) is 4.94. The molecule has 0 radical (unpaired) electrons. The number of carboxylic acids is 2. The Labute approximate surface area is 121 Å². The summed E-state index contributed by atoms with van der Waals surface area (Å²) in [5, 5.41) is 20.4. The van der Waals surface area contributed by atoms with Crippen LogP contribution in [0, 0.1) is 0 Å². The van der Waals surface area contributed by atoms with Crippen molar-refractivity contribution >= 4 is 18.0 Å². The van der Waals surface area contributed by atoms with Gasteiger partial charge in [0.05, 0.1) is 11.1 Å². The second kappa shape index (κ2) is 6.25. The number of amides is 1. The monoisotopic (exact) mass is 295 g/mol. The zero-order valence-corrected chi connectivity index (χ0v) is 12.0. The van der Waals surface area contributed by atoms with E-state index in [0.29, 0.717) is 0 Å². The number of hydrogen-bond acceptors (Lipinski definition) is 4. The number of alkyl carbamates (subject to hydrolysis) is 1. The van der Waals surface area contributed by atoms with Gasteiger partial charge in [0, 0.05) is 6.54 Å². The van der Waals surface area contributed by atoms with Gasteiger partial charge < -0.3 is 20.3 Å². The molecule has 0 aromatic heterocycles. The molecule has 0 saturated carbocycles. The van der Waals surface area contributed by atoms with Gasteiger partial charge in [0.2, 0.25) is 0 Å². The van der Waals surface area contributed by atoms with Crippen LogP contribution < -0.4 is 5.32 Å². The maximum Gasteiger partial charge on any atom is 0.407 e. The first-order valence-electron chi connectivity index (χ1n) is 6.16. The van der Waals surface area contributed by atoms with Crippen LogP contribution in [-0.2, 0) is 11.3 Å². The van der Waals surface area contributed by atoms with E-state index in [0.717, 1.165) is 0 Å². The van der Waals surface area contributed by atoms with E-state index in [9.17, 15) is 14.4 Å². The van der Waals surface area contributed by atoms with Gasteiger partial charge in [0.15, 0.2) is 0 Å². The third-order valence-corrected chi connectivity index (χ3v) is 2.40. The summed E-state index contributed by atoms with van der Waals surface area (Å²) >= 11 is 0. The molecule has 114 valence electrons. The molecule has 0 heterocycles. The van der Waals surface area contributed by atoms with Crippen LogP contribution in [0.3, 0.4) is 0 Å². The minimum atomic E-state index is -1.20. The predicted octanol–water partition coefficient (Wildman–Crippen LogP) is 2.11. The molecular weight excluding hydrogens is 278 g/mol. The van der Waals surface area contributed by atoms with Crippen LogP contribution >= 0.6 is 0 Å². The molecule has 0 aliphatic heterocycles. The van der Waals surface area contributed by atoms with Crippen molar-refractivity contribution in [3.63, 3.8) is 0 Å². The normalized spacial score (nSPS) is 10.8. The van der Waals surface area contributed by atoms with Crippen molar-refractivity contribution in [3.05, 3.63) is 34.9 Å². The van der Waals surface area contributed by atoms with Crippen molar-refractivity contribution in [1.82, 2.24) is 5.32 Å². The average molecular weight is 295 g/mol. The molecule has 0 spiro atoms. The van der Waals surface area contributed by atoms with E-state index in [1.807, 2.05) is 0 Å². The molecule has 7 nitrogen and oxygen atoms in total. The Morgan fingerprint density at radius 1 is 1.14 bits per heavy atom. The topological polar surface area (TPSA) is 113 Å². The Balaban J connectivity index is 2.90. The first kappa shape index (κ1) is 16.5. The number of carbonyl (C=O) groups excluding carboxylic acids is 1. The average Bonchev–Trinajstić information content (AvgIpc) is 2.33. The maximum absolute atomic E-state index is 11.5. The van der Waals surface area contributed by atoms with Crippen molar-refractivity contribution in [1.29, 1.82) is 0 Å². The molecule has 0 saturated heterocycles. The van der Waals surface area contributed by atoms with Crippen molar-refractivity contribution in [2.45, 2.75) is 32.9 Å². The van der Waals surface area contributed by atoms with Crippen LogP contribution in [0.1, 0.15) is 47.1 Å². The molecule has 0 atom stereocenters. The molecule has 0 fully saturated rings. The summed E-state index contributed by atoms with van der Waals surface area (Å²) in [4.78, 5) is 33.5. The highest BCUT2D eigenvalue weighted by molar-refractivity contribution is 5.93. The van der Waals surface area contributed by atoms with Gasteiger partial charge >= 0.3 is 18.0 Å². The minimum absolute atomic E-state index is 0.0546. The summed E-state index contributed by atoms with van der Waals surface area (Å²) in [5.74, 6) is -2.38. The smallest absolute Gasteiger partial charge is 0.407 e. The number of ether oxygens (including phenoxy) is 1. The molecule has 21 heavy (non-hydrogen) atoms. The predicted molar refractivity (Wildman–Crippen MR) is 73.4 cm³/mol. The second-order valence-electron chi connectivity index (χ2n) is 5.34. The maximum atomic E-state index is 11.5. The number of rotatable bonds is 4. The quantitative estimate of drug-likeness (QED) is 0.784. The lowest BCUT2D eigenvalue weighted by Gasteiger charge is -2.20. The Bertz CT molecular complexity index is 573. The molecule has 1 aromatic carbocycles. The van der Waals surface area contributed by atoms with Crippen molar-refractivity contribution in [2.75, 3.05) is 0 Å². The molecule has 0 aliphatic rings. The molecule has 0 unspecified atom stereocenters. The lowest BCUT2D eigenvalue weighted by molar-refractivity contribution is 0.0520. The number of hydrogen-bond donors (Lipinski definition) is 3. The Morgan fingerprint density at radius 2 is 1.76 bits per heavy atom. The first-order valence-corrected chi connectivity index (χ1v) is 6.16. The molecule has 0 aliphatic carbocycles.